The van der Waals surface area contributed by atoms with Crippen LogP contribution < -0.4 is 0 Å². The van der Waals surface area contributed by atoms with E-state index in [1.165, 1.54) is 5.56 Å². The minimum atomic E-state index is -0.445. The second-order valence-corrected chi connectivity index (χ2v) is 7.49. The second kappa shape index (κ2) is 7.53. The number of hydrogen-bond donors (Lipinski definition) is 0. The minimum absolute atomic E-state index is 0.183. The first kappa shape index (κ1) is 17.9. The molecular formula is C20H28N4O. The zero-order valence-corrected chi connectivity index (χ0v) is 15.4. The molecule has 2 fully saturated rings. The van der Waals surface area contributed by atoms with Crippen LogP contribution in [0.3, 0.4) is 0 Å². The predicted molar refractivity (Wildman–Crippen MR) is 98.0 cm³/mol. The lowest BCUT2D eigenvalue weighted by Crippen LogP contribution is -2.43. The van der Waals surface area contributed by atoms with Crippen molar-refractivity contribution in [3.8, 4) is 0 Å². The molecule has 0 radical (unpaired) electrons. The number of nitrogens with zero attached hydrogens (tertiary/aromatic N) is 4. The number of rotatable bonds is 2. The summed E-state index contributed by atoms with van der Waals surface area (Å²) in [5.41, 5.74) is 1.67. The van der Waals surface area contributed by atoms with Crippen molar-refractivity contribution in [1.29, 1.82) is 0 Å². The number of pyridine rings is 1. The van der Waals surface area contributed by atoms with Crippen molar-refractivity contribution in [2.45, 2.75) is 57.5 Å². The molecule has 0 unspecified atom stereocenters. The van der Waals surface area contributed by atoms with Crippen molar-refractivity contribution in [2.75, 3.05) is 26.2 Å². The molecule has 134 valence electrons. The Kier molecular flexibility index (Phi) is 5.39. The Morgan fingerprint density at radius 2 is 2.04 bits per heavy atom. The fourth-order valence-electron chi connectivity index (χ4n) is 4.28. The third-order valence-electron chi connectivity index (χ3n) is 5.88. The van der Waals surface area contributed by atoms with E-state index in [-0.39, 0.29) is 5.91 Å². The van der Waals surface area contributed by atoms with Gasteiger partial charge in [-0.2, -0.15) is 0 Å². The first-order chi connectivity index (χ1) is 12.0. The summed E-state index contributed by atoms with van der Waals surface area (Å²) >= 11 is 0. The molecule has 1 aromatic heterocycles. The number of hydrogen-bond acceptors (Lipinski definition) is 3. The van der Waals surface area contributed by atoms with Crippen LogP contribution in [-0.4, -0.2) is 52.9 Å². The van der Waals surface area contributed by atoms with Gasteiger partial charge in [-0.25, -0.2) is 6.57 Å². The highest BCUT2D eigenvalue weighted by atomic mass is 16.2. The first-order valence-electron chi connectivity index (χ1n) is 9.35. The summed E-state index contributed by atoms with van der Waals surface area (Å²) in [5, 5.41) is 0. The lowest BCUT2D eigenvalue weighted by molar-refractivity contribution is -0.128. The Bertz CT molecular complexity index is 658. The molecule has 1 saturated carbocycles. The van der Waals surface area contributed by atoms with Crippen LogP contribution in [0.5, 0.6) is 0 Å². The summed E-state index contributed by atoms with van der Waals surface area (Å²) in [7, 11) is 0. The summed E-state index contributed by atoms with van der Waals surface area (Å²) in [6.45, 7) is 15.2. The maximum absolute atomic E-state index is 11.6. The van der Waals surface area contributed by atoms with Crippen molar-refractivity contribution in [3.63, 3.8) is 0 Å². The Morgan fingerprint density at radius 3 is 2.68 bits per heavy atom. The van der Waals surface area contributed by atoms with Crippen molar-refractivity contribution < 1.29 is 4.79 Å². The molecule has 0 bridgehead atoms. The zero-order chi connectivity index (χ0) is 17.9. The maximum Gasteiger partial charge on any atom is 0.274 e. The summed E-state index contributed by atoms with van der Waals surface area (Å²) in [4.78, 5) is 24.7. The molecule has 1 aromatic rings. The van der Waals surface area contributed by atoms with Gasteiger partial charge >= 0.3 is 0 Å². The Hall–Kier alpha value is -1.93. The van der Waals surface area contributed by atoms with Gasteiger partial charge in [-0.15, -0.1) is 0 Å². The fourth-order valence-corrected chi connectivity index (χ4v) is 4.28. The minimum Gasteiger partial charge on any atom is -0.342 e. The number of carbonyl (C=O) groups excluding carboxylic acids is 1. The summed E-state index contributed by atoms with van der Waals surface area (Å²) in [6, 6.07) is 4.60. The Balaban J connectivity index is 1.65. The van der Waals surface area contributed by atoms with Gasteiger partial charge < -0.3 is 9.74 Å². The molecule has 5 nitrogen and oxygen atoms in total. The van der Waals surface area contributed by atoms with E-state index in [1.807, 2.05) is 17.2 Å². The summed E-state index contributed by atoms with van der Waals surface area (Å²) < 4.78 is 0. The van der Waals surface area contributed by atoms with Crippen molar-refractivity contribution in [2.24, 2.45) is 0 Å². The average Bonchev–Trinajstić information content (AvgIpc) is 2.88. The van der Waals surface area contributed by atoms with Gasteiger partial charge in [0, 0.05) is 58.2 Å². The largest absolute Gasteiger partial charge is 0.342 e. The molecule has 1 amide bonds. The van der Waals surface area contributed by atoms with Gasteiger partial charge in [-0.3, -0.25) is 14.7 Å². The Morgan fingerprint density at radius 1 is 1.28 bits per heavy atom. The average molecular weight is 340 g/mol. The van der Waals surface area contributed by atoms with Crippen LogP contribution in [0.2, 0.25) is 0 Å². The van der Waals surface area contributed by atoms with Gasteiger partial charge in [0.05, 0.1) is 0 Å². The lowest BCUT2D eigenvalue weighted by atomic mass is 9.77. The molecule has 0 spiro atoms. The van der Waals surface area contributed by atoms with Crippen molar-refractivity contribution >= 4 is 5.91 Å². The Labute approximate surface area is 150 Å². The van der Waals surface area contributed by atoms with Crippen LogP contribution in [0, 0.1) is 13.5 Å². The third-order valence-corrected chi connectivity index (χ3v) is 5.88. The SMILES string of the molecule is [C-]#[N+]C1(c2cc(C)ccn2)CCC(N2CCCN(C(C)=O)CC2)CC1. The fraction of sp³-hybridized carbons (Fsp3) is 0.650. The zero-order valence-electron chi connectivity index (χ0n) is 15.4. The van der Waals surface area contributed by atoms with E-state index in [0.29, 0.717) is 6.04 Å². The van der Waals surface area contributed by atoms with Crippen LogP contribution in [0.25, 0.3) is 4.85 Å². The molecule has 2 heterocycles. The molecule has 1 saturated heterocycles. The standard InChI is InChI=1S/C20H28N4O/c1-16-7-10-22-19(15-16)20(21-3)8-5-18(6-9-20)24-12-4-11-23(13-14-24)17(2)25/h7,10,15,18H,4-6,8-9,11-14H2,1-2H3. The number of aromatic nitrogens is 1. The van der Waals surface area contributed by atoms with E-state index in [1.54, 1.807) is 6.92 Å². The molecule has 1 aliphatic carbocycles. The van der Waals surface area contributed by atoms with Gasteiger partial charge in [0.15, 0.2) is 0 Å². The summed E-state index contributed by atoms with van der Waals surface area (Å²) in [5.74, 6) is 0.183. The van der Waals surface area contributed by atoms with Crippen LogP contribution >= 0.6 is 0 Å². The van der Waals surface area contributed by atoms with Crippen LogP contribution in [0.15, 0.2) is 18.3 Å². The number of aryl methyl sites for hydroxylation is 1. The smallest absolute Gasteiger partial charge is 0.274 e. The quantitative estimate of drug-likeness (QED) is 0.777. The van der Waals surface area contributed by atoms with Gasteiger partial charge in [-0.05, 0) is 43.9 Å². The third kappa shape index (κ3) is 3.85. The van der Waals surface area contributed by atoms with Crippen LogP contribution in [0.1, 0.15) is 50.3 Å². The number of amides is 1. The highest BCUT2D eigenvalue weighted by molar-refractivity contribution is 5.73. The van der Waals surface area contributed by atoms with E-state index in [9.17, 15) is 4.79 Å². The van der Waals surface area contributed by atoms with Gasteiger partial charge in [0.2, 0.25) is 5.91 Å². The molecule has 2 aliphatic rings. The van der Waals surface area contributed by atoms with Gasteiger partial charge in [0.1, 0.15) is 5.69 Å². The highest BCUT2D eigenvalue weighted by Crippen LogP contribution is 2.41. The molecular weight excluding hydrogens is 312 g/mol. The predicted octanol–water partition coefficient (Wildman–Crippen LogP) is 3.00. The van der Waals surface area contributed by atoms with Crippen molar-refractivity contribution in [1.82, 2.24) is 14.8 Å². The maximum atomic E-state index is 11.6. The van der Waals surface area contributed by atoms with Crippen molar-refractivity contribution in [3.05, 3.63) is 41.0 Å². The molecule has 3 rings (SSSR count). The van der Waals surface area contributed by atoms with Crippen LogP contribution in [-0.2, 0) is 10.3 Å². The first-order valence-corrected chi connectivity index (χ1v) is 9.35. The topological polar surface area (TPSA) is 40.8 Å². The molecule has 25 heavy (non-hydrogen) atoms. The highest BCUT2D eigenvalue weighted by Gasteiger charge is 2.45. The molecule has 1 aliphatic heterocycles. The second-order valence-electron chi connectivity index (χ2n) is 7.49. The van der Waals surface area contributed by atoms with Gasteiger partial charge in [-0.1, -0.05) is 0 Å². The molecule has 0 atom stereocenters. The van der Waals surface area contributed by atoms with E-state index in [4.69, 9.17) is 6.57 Å². The molecule has 5 heteroatoms. The van der Waals surface area contributed by atoms with E-state index in [0.717, 1.165) is 64.0 Å². The monoisotopic (exact) mass is 340 g/mol. The summed E-state index contributed by atoms with van der Waals surface area (Å²) in [6.07, 6.45) is 6.71. The van der Waals surface area contributed by atoms with E-state index in [2.05, 4.69) is 27.7 Å². The van der Waals surface area contributed by atoms with Crippen LogP contribution in [0.4, 0.5) is 0 Å². The van der Waals surface area contributed by atoms with Gasteiger partial charge in [0.25, 0.3) is 5.54 Å². The number of carbonyl (C=O) groups is 1. The van der Waals surface area contributed by atoms with E-state index < -0.39 is 5.54 Å². The normalized spacial score (nSPS) is 28.2. The molecule has 0 aromatic carbocycles. The van der Waals surface area contributed by atoms with E-state index >= 15 is 0 Å². The molecule has 0 N–H and O–H groups in total. The lowest BCUT2D eigenvalue weighted by Gasteiger charge is -2.37.